The van der Waals surface area contributed by atoms with Gasteiger partial charge in [0.15, 0.2) is 0 Å². The first-order chi connectivity index (χ1) is 12.7. The van der Waals surface area contributed by atoms with Crippen molar-refractivity contribution in [3.05, 3.63) is 90.0 Å². The molecule has 0 atom stereocenters. The Hall–Kier alpha value is -3.34. The van der Waals surface area contributed by atoms with Crippen LogP contribution in [0.3, 0.4) is 0 Å². The van der Waals surface area contributed by atoms with Crippen LogP contribution in [0.15, 0.2) is 72.9 Å². The lowest BCUT2D eigenvalue weighted by atomic mass is 10.2. The van der Waals surface area contributed by atoms with Gasteiger partial charge >= 0.3 is 5.97 Å². The summed E-state index contributed by atoms with van der Waals surface area (Å²) in [6.45, 7) is 0.558. The molecule has 0 bridgehead atoms. The van der Waals surface area contributed by atoms with Crippen molar-refractivity contribution < 1.29 is 13.9 Å². The Morgan fingerprint density at radius 1 is 1.00 bits per heavy atom. The zero-order valence-electron chi connectivity index (χ0n) is 14.2. The van der Waals surface area contributed by atoms with Crippen molar-refractivity contribution in [1.29, 1.82) is 0 Å². The molecule has 2 heterocycles. The number of rotatable bonds is 4. The molecule has 0 aliphatic carbocycles. The van der Waals surface area contributed by atoms with Crippen LogP contribution in [-0.4, -0.2) is 22.2 Å². The highest BCUT2D eigenvalue weighted by molar-refractivity contribution is 5.95. The number of carbonyl (C=O) groups is 1. The molecule has 0 aliphatic heterocycles. The van der Waals surface area contributed by atoms with Gasteiger partial charge in [-0.25, -0.2) is 9.18 Å². The minimum absolute atomic E-state index is 0.283. The highest BCUT2D eigenvalue weighted by Crippen LogP contribution is 2.26. The monoisotopic (exact) mass is 348 g/mol. The SMILES string of the molecule is COC(=O)c1cc2c(ccn2-c2ccc(F)cc2)n1Cc1ccccc1. The summed E-state index contributed by atoms with van der Waals surface area (Å²) in [5.41, 5.74) is 4.18. The lowest BCUT2D eigenvalue weighted by Crippen LogP contribution is -2.11. The summed E-state index contributed by atoms with van der Waals surface area (Å²) in [5, 5.41) is 0. The van der Waals surface area contributed by atoms with E-state index < -0.39 is 0 Å². The molecule has 130 valence electrons. The number of hydrogen-bond acceptors (Lipinski definition) is 2. The summed E-state index contributed by atoms with van der Waals surface area (Å²) in [4.78, 5) is 12.3. The molecule has 4 rings (SSSR count). The highest BCUT2D eigenvalue weighted by atomic mass is 19.1. The van der Waals surface area contributed by atoms with Crippen LogP contribution in [0.5, 0.6) is 0 Å². The summed E-state index contributed by atoms with van der Waals surface area (Å²) < 4.78 is 22.1. The molecule has 4 nitrogen and oxygen atoms in total. The van der Waals surface area contributed by atoms with Gasteiger partial charge in [0.05, 0.1) is 18.1 Å². The Morgan fingerprint density at radius 3 is 2.42 bits per heavy atom. The number of fused-ring (bicyclic) bond motifs is 1. The van der Waals surface area contributed by atoms with Crippen molar-refractivity contribution in [3.63, 3.8) is 0 Å². The quantitative estimate of drug-likeness (QED) is 0.512. The second-order valence-corrected chi connectivity index (χ2v) is 6.03. The van der Waals surface area contributed by atoms with E-state index in [0.717, 1.165) is 22.3 Å². The Bertz CT molecular complexity index is 1060. The first-order valence-electron chi connectivity index (χ1n) is 8.26. The van der Waals surface area contributed by atoms with Crippen LogP contribution in [0.4, 0.5) is 4.39 Å². The molecule has 0 N–H and O–H groups in total. The molecule has 0 spiro atoms. The summed E-state index contributed by atoms with van der Waals surface area (Å²) in [6, 6.07) is 20.0. The van der Waals surface area contributed by atoms with Crippen molar-refractivity contribution in [2.45, 2.75) is 6.54 Å². The van der Waals surface area contributed by atoms with Crippen LogP contribution in [0.2, 0.25) is 0 Å². The lowest BCUT2D eigenvalue weighted by molar-refractivity contribution is 0.0589. The minimum atomic E-state index is -0.386. The van der Waals surface area contributed by atoms with Gasteiger partial charge in [-0.15, -0.1) is 0 Å². The van der Waals surface area contributed by atoms with Crippen LogP contribution in [-0.2, 0) is 11.3 Å². The summed E-state index contributed by atoms with van der Waals surface area (Å²) >= 11 is 0. The number of halogens is 1. The van der Waals surface area contributed by atoms with E-state index in [1.807, 2.05) is 57.8 Å². The number of ether oxygens (including phenoxy) is 1. The average Bonchev–Trinajstić information content (AvgIpc) is 3.23. The molecule has 2 aromatic heterocycles. The van der Waals surface area contributed by atoms with E-state index in [2.05, 4.69) is 0 Å². The normalized spacial score (nSPS) is 11.0. The number of hydrogen-bond donors (Lipinski definition) is 0. The number of benzene rings is 2. The van der Waals surface area contributed by atoms with Crippen molar-refractivity contribution in [2.75, 3.05) is 7.11 Å². The molecule has 0 saturated heterocycles. The Balaban J connectivity index is 1.86. The molecule has 5 heteroatoms. The Morgan fingerprint density at radius 2 is 1.73 bits per heavy atom. The maximum Gasteiger partial charge on any atom is 0.354 e. The third-order valence-electron chi connectivity index (χ3n) is 4.44. The summed E-state index contributed by atoms with van der Waals surface area (Å²) in [5.74, 6) is -0.670. The molecule has 4 aromatic rings. The molecule has 0 aliphatic rings. The second kappa shape index (κ2) is 6.52. The van der Waals surface area contributed by atoms with Gasteiger partial charge in [-0.3, -0.25) is 0 Å². The molecular weight excluding hydrogens is 331 g/mol. The van der Waals surface area contributed by atoms with E-state index in [1.54, 1.807) is 12.1 Å². The average molecular weight is 348 g/mol. The van der Waals surface area contributed by atoms with Gasteiger partial charge in [-0.1, -0.05) is 30.3 Å². The van der Waals surface area contributed by atoms with Crippen LogP contribution in [0.1, 0.15) is 16.1 Å². The van der Waals surface area contributed by atoms with Gasteiger partial charge in [0.2, 0.25) is 0 Å². The first kappa shape index (κ1) is 16.1. The van der Waals surface area contributed by atoms with E-state index in [9.17, 15) is 9.18 Å². The standard InChI is InChI=1S/C21H17FN2O2/c1-26-21(25)20-13-19-18(24(20)14-15-5-3-2-4-6-15)11-12-23(19)17-9-7-16(22)8-10-17/h2-13H,14H2,1H3. The predicted octanol–water partition coefficient (Wildman–Crippen LogP) is 4.41. The van der Waals surface area contributed by atoms with E-state index in [1.165, 1.54) is 19.2 Å². The fourth-order valence-corrected chi connectivity index (χ4v) is 3.18. The van der Waals surface area contributed by atoms with Gasteiger partial charge in [-0.05, 0) is 42.0 Å². The fourth-order valence-electron chi connectivity index (χ4n) is 3.18. The summed E-state index contributed by atoms with van der Waals surface area (Å²) in [7, 11) is 1.38. The molecule has 0 amide bonds. The van der Waals surface area contributed by atoms with Crippen molar-refractivity contribution in [3.8, 4) is 5.69 Å². The second-order valence-electron chi connectivity index (χ2n) is 6.03. The van der Waals surface area contributed by atoms with Gasteiger partial charge in [0, 0.05) is 18.4 Å². The minimum Gasteiger partial charge on any atom is -0.464 e. The topological polar surface area (TPSA) is 36.2 Å². The zero-order chi connectivity index (χ0) is 18.1. The number of carbonyl (C=O) groups excluding carboxylic acids is 1. The van der Waals surface area contributed by atoms with E-state index in [-0.39, 0.29) is 11.8 Å². The van der Waals surface area contributed by atoms with Gasteiger partial charge in [0.1, 0.15) is 11.5 Å². The van der Waals surface area contributed by atoms with E-state index in [0.29, 0.717) is 12.2 Å². The largest absolute Gasteiger partial charge is 0.464 e. The predicted molar refractivity (Wildman–Crippen MR) is 98.1 cm³/mol. The van der Waals surface area contributed by atoms with Crippen LogP contribution in [0.25, 0.3) is 16.7 Å². The highest BCUT2D eigenvalue weighted by Gasteiger charge is 2.19. The zero-order valence-corrected chi connectivity index (χ0v) is 14.2. The molecule has 0 unspecified atom stereocenters. The smallest absolute Gasteiger partial charge is 0.354 e. The maximum atomic E-state index is 13.2. The number of nitrogens with zero attached hydrogens (tertiary/aromatic N) is 2. The third kappa shape index (κ3) is 2.77. The lowest BCUT2D eigenvalue weighted by Gasteiger charge is -2.08. The summed E-state index contributed by atoms with van der Waals surface area (Å²) in [6.07, 6.45) is 1.92. The van der Waals surface area contributed by atoms with Crippen molar-refractivity contribution in [1.82, 2.24) is 9.13 Å². The van der Waals surface area contributed by atoms with Crippen LogP contribution in [0, 0.1) is 5.82 Å². The van der Waals surface area contributed by atoms with E-state index >= 15 is 0 Å². The fraction of sp³-hybridized carbons (Fsp3) is 0.0952. The third-order valence-corrected chi connectivity index (χ3v) is 4.44. The Labute approximate surface area is 150 Å². The molecule has 0 radical (unpaired) electrons. The maximum absolute atomic E-state index is 13.2. The molecule has 0 fully saturated rings. The molecule has 0 saturated carbocycles. The number of methoxy groups -OCH3 is 1. The van der Waals surface area contributed by atoms with Crippen LogP contribution >= 0.6 is 0 Å². The van der Waals surface area contributed by atoms with E-state index in [4.69, 9.17) is 4.74 Å². The molecule has 26 heavy (non-hydrogen) atoms. The molecule has 2 aromatic carbocycles. The van der Waals surface area contributed by atoms with Gasteiger partial charge < -0.3 is 13.9 Å². The number of esters is 1. The van der Waals surface area contributed by atoms with Gasteiger partial charge in [0.25, 0.3) is 0 Å². The van der Waals surface area contributed by atoms with Gasteiger partial charge in [-0.2, -0.15) is 0 Å². The van der Waals surface area contributed by atoms with Crippen LogP contribution < -0.4 is 0 Å². The van der Waals surface area contributed by atoms with Crippen molar-refractivity contribution >= 4 is 17.0 Å². The Kier molecular flexibility index (Phi) is 4.05. The first-order valence-corrected chi connectivity index (χ1v) is 8.26. The molecular formula is C21H17FN2O2. The number of aromatic nitrogens is 2. The van der Waals surface area contributed by atoms with Crippen molar-refractivity contribution in [2.24, 2.45) is 0 Å².